The lowest BCUT2D eigenvalue weighted by Crippen LogP contribution is -2.22. The molecule has 92 valence electrons. The van der Waals surface area contributed by atoms with E-state index in [1.165, 1.54) is 6.07 Å². The van der Waals surface area contributed by atoms with Crippen LogP contribution in [0.4, 0.5) is 5.69 Å². The fourth-order valence-corrected chi connectivity index (χ4v) is 1.80. The molecule has 0 saturated heterocycles. The number of halogens is 1. The summed E-state index contributed by atoms with van der Waals surface area (Å²) in [5, 5.41) is 14.1. The van der Waals surface area contributed by atoms with Crippen LogP contribution in [0.15, 0.2) is 28.7 Å². The summed E-state index contributed by atoms with van der Waals surface area (Å²) in [5.74, 6) is 0. The molecule has 0 radical (unpaired) electrons. The van der Waals surface area contributed by atoms with Gasteiger partial charge in [-0.25, -0.2) is 0 Å². The Morgan fingerprint density at radius 2 is 2.29 bits per heavy atom. The molecule has 0 bridgehead atoms. The van der Waals surface area contributed by atoms with Gasteiger partial charge in [0, 0.05) is 16.6 Å². The molecule has 1 N–H and O–H groups in total. The number of hydrogen-bond acceptors (Lipinski definition) is 3. The van der Waals surface area contributed by atoms with Crippen molar-refractivity contribution in [3.63, 3.8) is 0 Å². The van der Waals surface area contributed by atoms with Crippen LogP contribution < -0.4 is 5.32 Å². The van der Waals surface area contributed by atoms with Gasteiger partial charge in [-0.2, -0.15) is 0 Å². The monoisotopic (exact) mass is 298 g/mol. The van der Waals surface area contributed by atoms with Crippen LogP contribution in [0.1, 0.15) is 19.4 Å². The van der Waals surface area contributed by atoms with Crippen LogP contribution in [0, 0.1) is 10.1 Å². The number of nitrogens with one attached hydrogen (secondary N) is 1. The Kier molecular flexibility index (Phi) is 5.31. The molecule has 1 aromatic carbocycles. The third-order valence-electron chi connectivity index (χ3n) is 2.28. The molecule has 0 aliphatic carbocycles. The summed E-state index contributed by atoms with van der Waals surface area (Å²) < 4.78 is 0.709. The molecule has 1 unspecified atom stereocenters. The molecule has 4 nitrogen and oxygen atoms in total. The molecule has 0 aliphatic rings. The fraction of sp³-hybridized carbons (Fsp3) is 0.333. The Hall–Kier alpha value is -1.20. The van der Waals surface area contributed by atoms with E-state index < -0.39 is 0 Å². The predicted molar refractivity (Wildman–Crippen MR) is 73.0 cm³/mol. The molecule has 1 rings (SSSR count). The van der Waals surface area contributed by atoms with E-state index in [2.05, 4.69) is 21.2 Å². The van der Waals surface area contributed by atoms with Gasteiger partial charge in [0.1, 0.15) is 0 Å². The molecular formula is C12H15BrN2O2. The van der Waals surface area contributed by atoms with E-state index in [0.717, 1.165) is 6.54 Å². The molecule has 0 saturated carbocycles. The van der Waals surface area contributed by atoms with Crippen LogP contribution in [-0.4, -0.2) is 17.5 Å². The first-order valence-electron chi connectivity index (χ1n) is 5.40. The average Bonchev–Trinajstić information content (AvgIpc) is 2.27. The lowest BCUT2D eigenvalue weighted by atomic mass is 10.1. The van der Waals surface area contributed by atoms with Gasteiger partial charge in [0.25, 0.3) is 5.69 Å². The first-order chi connectivity index (χ1) is 8.04. The van der Waals surface area contributed by atoms with Crippen LogP contribution >= 0.6 is 15.9 Å². The van der Waals surface area contributed by atoms with Crippen molar-refractivity contribution in [2.45, 2.75) is 19.9 Å². The second-order valence-electron chi connectivity index (χ2n) is 3.67. The number of nitro benzene ring substituents is 1. The van der Waals surface area contributed by atoms with Crippen molar-refractivity contribution >= 4 is 27.7 Å². The SMILES string of the molecule is CCNC(C)/C=C/c1ccc(Br)cc1[N+](=O)[O-]. The van der Waals surface area contributed by atoms with E-state index in [0.29, 0.717) is 10.0 Å². The average molecular weight is 299 g/mol. The molecule has 0 aliphatic heterocycles. The summed E-state index contributed by atoms with van der Waals surface area (Å²) in [4.78, 5) is 10.5. The topological polar surface area (TPSA) is 55.2 Å². The molecular weight excluding hydrogens is 284 g/mol. The Morgan fingerprint density at radius 3 is 2.88 bits per heavy atom. The van der Waals surface area contributed by atoms with Crippen molar-refractivity contribution in [3.05, 3.63) is 44.4 Å². The maximum atomic E-state index is 10.9. The van der Waals surface area contributed by atoms with Gasteiger partial charge in [0.15, 0.2) is 0 Å². The van der Waals surface area contributed by atoms with Crippen molar-refractivity contribution in [2.75, 3.05) is 6.54 Å². The van der Waals surface area contributed by atoms with Gasteiger partial charge >= 0.3 is 0 Å². The Labute approximate surface area is 109 Å². The highest BCUT2D eigenvalue weighted by atomic mass is 79.9. The van der Waals surface area contributed by atoms with Crippen molar-refractivity contribution in [2.24, 2.45) is 0 Å². The largest absolute Gasteiger partial charge is 0.311 e. The lowest BCUT2D eigenvalue weighted by molar-refractivity contribution is -0.385. The minimum absolute atomic E-state index is 0.110. The first kappa shape index (κ1) is 13.9. The third kappa shape index (κ3) is 4.28. The van der Waals surface area contributed by atoms with Crippen LogP contribution in [0.25, 0.3) is 6.08 Å². The van der Waals surface area contributed by atoms with Gasteiger partial charge in [-0.05, 0) is 25.6 Å². The van der Waals surface area contributed by atoms with Crippen LogP contribution in [-0.2, 0) is 0 Å². The molecule has 0 heterocycles. The molecule has 5 heteroatoms. The third-order valence-corrected chi connectivity index (χ3v) is 2.77. The van der Waals surface area contributed by atoms with Gasteiger partial charge in [-0.3, -0.25) is 10.1 Å². The van der Waals surface area contributed by atoms with Gasteiger partial charge in [0.2, 0.25) is 0 Å². The summed E-state index contributed by atoms with van der Waals surface area (Å²) in [7, 11) is 0. The Bertz CT molecular complexity index is 433. The molecule has 0 fully saturated rings. The zero-order chi connectivity index (χ0) is 12.8. The lowest BCUT2D eigenvalue weighted by Gasteiger charge is -2.05. The van der Waals surface area contributed by atoms with Crippen LogP contribution in [0.5, 0.6) is 0 Å². The standard InChI is InChI=1S/C12H15BrN2O2/c1-3-14-9(2)4-5-10-6-7-11(13)8-12(10)15(16)17/h4-9,14H,3H2,1-2H3/b5-4+. The highest BCUT2D eigenvalue weighted by molar-refractivity contribution is 9.10. The van der Waals surface area contributed by atoms with Gasteiger partial charge in [0.05, 0.1) is 10.5 Å². The number of benzene rings is 1. The van der Waals surface area contributed by atoms with Gasteiger partial charge in [-0.1, -0.05) is 35.0 Å². The highest BCUT2D eigenvalue weighted by Gasteiger charge is 2.11. The molecule has 0 spiro atoms. The quantitative estimate of drug-likeness (QED) is 0.670. The van der Waals surface area contributed by atoms with Crippen molar-refractivity contribution in [1.82, 2.24) is 5.32 Å². The highest BCUT2D eigenvalue weighted by Crippen LogP contribution is 2.24. The maximum absolute atomic E-state index is 10.9. The Balaban J connectivity index is 2.94. The van der Waals surface area contributed by atoms with Crippen LogP contribution in [0.2, 0.25) is 0 Å². The molecule has 1 aromatic rings. The molecule has 0 aromatic heterocycles. The second kappa shape index (κ2) is 6.51. The number of likely N-dealkylation sites (N-methyl/N-ethyl adjacent to an activating group) is 1. The van der Waals surface area contributed by atoms with Crippen molar-refractivity contribution in [1.29, 1.82) is 0 Å². The van der Waals surface area contributed by atoms with E-state index in [4.69, 9.17) is 0 Å². The summed E-state index contributed by atoms with van der Waals surface area (Å²) in [6.45, 7) is 4.89. The number of nitrogens with zero attached hydrogens (tertiary/aromatic N) is 1. The first-order valence-corrected chi connectivity index (χ1v) is 6.19. The second-order valence-corrected chi connectivity index (χ2v) is 4.58. The van der Waals surface area contributed by atoms with Gasteiger partial charge in [-0.15, -0.1) is 0 Å². The fourth-order valence-electron chi connectivity index (χ4n) is 1.45. The van der Waals surface area contributed by atoms with Gasteiger partial charge < -0.3 is 5.32 Å². The normalized spacial score (nSPS) is 12.9. The summed E-state index contributed by atoms with van der Waals surface area (Å²) >= 11 is 3.23. The minimum atomic E-state index is -0.373. The van der Waals surface area contributed by atoms with E-state index >= 15 is 0 Å². The van der Waals surface area contributed by atoms with E-state index in [9.17, 15) is 10.1 Å². The molecule has 17 heavy (non-hydrogen) atoms. The summed E-state index contributed by atoms with van der Waals surface area (Å²) in [5.41, 5.74) is 0.724. The van der Waals surface area contributed by atoms with E-state index in [1.54, 1.807) is 18.2 Å². The zero-order valence-electron chi connectivity index (χ0n) is 9.81. The number of nitro groups is 1. The van der Waals surface area contributed by atoms with Crippen LogP contribution in [0.3, 0.4) is 0 Å². The van der Waals surface area contributed by atoms with Crippen molar-refractivity contribution < 1.29 is 4.92 Å². The van der Waals surface area contributed by atoms with Crippen molar-refractivity contribution in [3.8, 4) is 0 Å². The smallest absolute Gasteiger partial charge is 0.277 e. The summed E-state index contributed by atoms with van der Waals surface area (Å²) in [6.07, 6.45) is 3.69. The number of hydrogen-bond donors (Lipinski definition) is 1. The zero-order valence-corrected chi connectivity index (χ0v) is 11.4. The molecule has 0 amide bonds. The minimum Gasteiger partial charge on any atom is -0.311 e. The predicted octanol–water partition coefficient (Wildman–Crippen LogP) is 3.37. The molecule has 1 atom stereocenters. The maximum Gasteiger partial charge on any atom is 0.277 e. The summed E-state index contributed by atoms with van der Waals surface area (Å²) in [6, 6.07) is 5.24. The van der Waals surface area contributed by atoms with E-state index in [-0.39, 0.29) is 16.7 Å². The number of rotatable bonds is 5. The Morgan fingerprint density at radius 1 is 1.59 bits per heavy atom. The van der Waals surface area contributed by atoms with E-state index in [1.807, 2.05) is 19.9 Å².